The summed E-state index contributed by atoms with van der Waals surface area (Å²) in [7, 11) is 3.39. The molecule has 5 heteroatoms. The highest BCUT2D eigenvalue weighted by Gasteiger charge is 2.24. The fourth-order valence-electron chi connectivity index (χ4n) is 1.69. The van der Waals surface area contributed by atoms with Gasteiger partial charge in [0.1, 0.15) is 6.61 Å². The smallest absolute Gasteiger partial charge is 0.414 e. The van der Waals surface area contributed by atoms with Crippen molar-refractivity contribution in [1.29, 1.82) is 0 Å². The van der Waals surface area contributed by atoms with E-state index in [2.05, 4.69) is 0 Å². The molecule has 0 spiro atoms. The predicted octanol–water partition coefficient (Wildman–Crippen LogP) is 1.35. The van der Waals surface area contributed by atoms with Gasteiger partial charge in [0.2, 0.25) is 0 Å². The molecule has 1 aromatic carbocycles. The highest BCUT2D eigenvalue weighted by atomic mass is 16.6. The van der Waals surface area contributed by atoms with Gasteiger partial charge >= 0.3 is 6.09 Å². The Morgan fingerprint density at radius 2 is 2.18 bits per heavy atom. The first kappa shape index (κ1) is 11.4. The number of ether oxygens (including phenoxy) is 1. The van der Waals surface area contributed by atoms with Crippen LogP contribution in [-0.4, -0.2) is 44.1 Å². The van der Waals surface area contributed by atoms with Crippen molar-refractivity contribution in [2.24, 2.45) is 0 Å². The quantitative estimate of drug-likeness (QED) is 0.776. The molecule has 2 rings (SSSR count). The van der Waals surface area contributed by atoms with E-state index >= 15 is 0 Å². The average Bonchev–Trinajstić information content (AvgIpc) is 2.74. The van der Waals surface area contributed by atoms with Crippen LogP contribution in [0.3, 0.4) is 0 Å². The van der Waals surface area contributed by atoms with Crippen LogP contribution in [0.2, 0.25) is 0 Å². The largest absolute Gasteiger partial charge is 0.447 e. The van der Waals surface area contributed by atoms with Gasteiger partial charge in [-0.25, -0.2) is 4.79 Å². The molecule has 1 aromatic rings. The Hall–Kier alpha value is -2.04. The fraction of sp³-hybridized carbons (Fsp3) is 0.333. The lowest BCUT2D eigenvalue weighted by Crippen LogP contribution is -2.25. The van der Waals surface area contributed by atoms with Crippen molar-refractivity contribution >= 4 is 17.7 Å². The predicted molar refractivity (Wildman–Crippen MR) is 63.2 cm³/mol. The Balaban J connectivity index is 2.28. The molecule has 5 nitrogen and oxygen atoms in total. The summed E-state index contributed by atoms with van der Waals surface area (Å²) in [5.74, 6) is -0.0839. The van der Waals surface area contributed by atoms with Crippen molar-refractivity contribution in [2.45, 2.75) is 0 Å². The van der Waals surface area contributed by atoms with E-state index < -0.39 is 0 Å². The number of rotatable bonds is 2. The highest BCUT2D eigenvalue weighted by Crippen LogP contribution is 2.20. The maximum absolute atomic E-state index is 11.8. The monoisotopic (exact) mass is 234 g/mol. The van der Waals surface area contributed by atoms with E-state index in [0.717, 1.165) is 0 Å². The number of benzene rings is 1. The topological polar surface area (TPSA) is 49.9 Å². The molecule has 1 heterocycles. The van der Waals surface area contributed by atoms with Crippen LogP contribution in [-0.2, 0) is 4.74 Å². The summed E-state index contributed by atoms with van der Waals surface area (Å²) < 4.78 is 4.86. The second-order valence-electron chi connectivity index (χ2n) is 4.02. The molecule has 0 radical (unpaired) electrons. The van der Waals surface area contributed by atoms with Crippen LogP contribution in [0.25, 0.3) is 0 Å². The minimum Gasteiger partial charge on any atom is -0.447 e. The van der Waals surface area contributed by atoms with Gasteiger partial charge in [0, 0.05) is 25.3 Å². The molecule has 0 unspecified atom stereocenters. The van der Waals surface area contributed by atoms with Gasteiger partial charge in [-0.05, 0) is 18.2 Å². The molecule has 0 bridgehead atoms. The number of carbonyl (C=O) groups excluding carboxylic acids is 2. The first-order chi connectivity index (χ1) is 8.09. The van der Waals surface area contributed by atoms with Crippen LogP contribution in [0.4, 0.5) is 10.5 Å². The molecule has 0 N–H and O–H groups in total. The number of hydrogen-bond donors (Lipinski definition) is 0. The Labute approximate surface area is 99.6 Å². The summed E-state index contributed by atoms with van der Waals surface area (Å²) in [5, 5.41) is 0. The molecule has 1 aliphatic heterocycles. The Bertz CT molecular complexity index is 457. The van der Waals surface area contributed by atoms with E-state index in [9.17, 15) is 9.59 Å². The Morgan fingerprint density at radius 1 is 1.41 bits per heavy atom. The normalized spacial score (nSPS) is 14.7. The number of hydrogen-bond acceptors (Lipinski definition) is 3. The van der Waals surface area contributed by atoms with Gasteiger partial charge in [-0.1, -0.05) is 6.07 Å². The fourth-order valence-corrected chi connectivity index (χ4v) is 1.69. The minimum atomic E-state index is -0.362. The maximum Gasteiger partial charge on any atom is 0.414 e. The van der Waals surface area contributed by atoms with Crippen LogP contribution >= 0.6 is 0 Å². The van der Waals surface area contributed by atoms with Crippen molar-refractivity contribution in [3.8, 4) is 0 Å². The van der Waals surface area contributed by atoms with Crippen molar-refractivity contribution in [2.75, 3.05) is 32.1 Å². The number of anilines is 1. The summed E-state index contributed by atoms with van der Waals surface area (Å²) in [4.78, 5) is 26.2. The molecule has 0 atom stereocenters. The van der Waals surface area contributed by atoms with Crippen LogP contribution in [0.5, 0.6) is 0 Å². The molecule has 1 fully saturated rings. The maximum atomic E-state index is 11.8. The number of carbonyl (C=O) groups is 2. The lowest BCUT2D eigenvalue weighted by atomic mass is 10.1. The zero-order chi connectivity index (χ0) is 12.4. The van der Waals surface area contributed by atoms with Crippen molar-refractivity contribution in [3.05, 3.63) is 29.8 Å². The number of cyclic esters (lactones) is 1. The van der Waals surface area contributed by atoms with Crippen LogP contribution in [0, 0.1) is 0 Å². The lowest BCUT2D eigenvalue weighted by Gasteiger charge is -2.15. The average molecular weight is 234 g/mol. The van der Waals surface area contributed by atoms with Crippen LogP contribution in [0.1, 0.15) is 10.4 Å². The van der Waals surface area contributed by atoms with E-state index in [1.807, 2.05) is 0 Å². The third-order valence-corrected chi connectivity index (χ3v) is 2.57. The lowest BCUT2D eigenvalue weighted by molar-refractivity contribution is 0.0827. The third kappa shape index (κ3) is 2.22. The molecule has 17 heavy (non-hydrogen) atoms. The van der Waals surface area contributed by atoms with E-state index in [-0.39, 0.29) is 12.0 Å². The minimum absolute atomic E-state index is 0.0839. The van der Waals surface area contributed by atoms with Gasteiger partial charge in [0.25, 0.3) is 5.91 Å². The molecule has 0 aromatic heterocycles. The van der Waals surface area contributed by atoms with E-state index in [1.165, 1.54) is 9.80 Å². The summed E-state index contributed by atoms with van der Waals surface area (Å²) in [6.45, 7) is 0.920. The first-order valence-corrected chi connectivity index (χ1v) is 5.35. The summed E-state index contributed by atoms with van der Waals surface area (Å²) in [6.07, 6.45) is -0.362. The van der Waals surface area contributed by atoms with Gasteiger partial charge < -0.3 is 9.64 Å². The molecule has 2 amide bonds. The zero-order valence-electron chi connectivity index (χ0n) is 9.84. The van der Waals surface area contributed by atoms with Crippen molar-refractivity contribution < 1.29 is 14.3 Å². The Morgan fingerprint density at radius 3 is 2.76 bits per heavy atom. The SMILES string of the molecule is CN(C)C(=O)c1cccc(N2CCOC2=O)c1. The molecule has 0 aliphatic carbocycles. The van der Waals surface area contributed by atoms with Gasteiger partial charge in [0.05, 0.1) is 6.54 Å². The summed E-state index contributed by atoms with van der Waals surface area (Å²) in [6, 6.07) is 6.98. The van der Waals surface area contributed by atoms with Gasteiger partial charge in [0.15, 0.2) is 0 Å². The Kier molecular flexibility index (Phi) is 2.99. The molecule has 1 saturated heterocycles. The second kappa shape index (κ2) is 4.45. The van der Waals surface area contributed by atoms with Crippen LogP contribution < -0.4 is 4.90 Å². The van der Waals surface area contributed by atoms with Crippen molar-refractivity contribution in [3.63, 3.8) is 0 Å². The molecule has 1 aliphatic rings. The van der Waals surface area contributed by atoms with Gasteiger partial charge in [-0.2, -0.15) is 0 Å². The van der Waals surface area contributed by atoms with Gasteiger partial charge in [-0.3, -0.25) is 9.69 Å². The standard InChI is InChI=1S/C12H14N2O3/c1-13(2)11(15)9-4-3-5-10(8-9)14-6-7-17-12(14)16/h3-5,8H,6-7H2,1-2H3. The molecular weight excluding hydrogens is 220 g/mol. The van der Waals surface area contributed by atoms with E-state index in [4.69, 9.17) is 4.74 Å². The number of amides is 2. The van der Waals surface area contributed by atoms with Gasteiger partial charge in [-0.15, -0.1) is 0 Å². The van der Waals surface area contributed by atoms with E-state index in [0.29, 0.717) is 24.4 Å². The summed E-state index contributed by atoms with van der Waals surface area (Å²) >= 11 is 0. The number of nitrogens with zero attached hydrogens (tertiary/aromatic N) is 2. The third-order valence-electron chi connectivity index (χ3n) is 2.57. The first-order valence-electron chi connectivity index (χ1n) is 5.35. The molecule has 90 valence electrons. The molecule has 0 saturated carbocycles. The molecular formula is C12H14N2O3. The van der Waals surface area contributed by atoms with Crippen LogP contribution in [0.15, 0.2) is 24.3 Å². The second-order valence-corrected chi connectivity index (χ2v) is 4.02. The van der Waals surface area contributed by atoms with E-state index in [1.54, 1.807) is 38.4 Å². The highest BCUT2D eigenvalue weighted by molar-refractivity contribution is 5.96. The summed E-state index contributed by atoms with van der Waals surface area (Å²) in [5.41, 5.74) is 1.26. The zero-order valence-corrected chi connectivity index (χ0v) is 9.84. The van der Waals surface area contributed by atoms with Crippen molar-refractivity contribution in [1.82, 2.24) is 4.90 Å².